The molecule has 3 nitrogen and oxygen atoms in total. The molecule has 1 aromatic heterocycles. The molecule has 1 aromatic rings. The molecular weight excluding hydrogens is 186 g/mol. The summed E-state index contributed by atoms with van der Waals surface area (Å²) < 4.78 is 2.17. The SMILES string of the molecule is CCNCCc1ccn(C2CCCC2)n1. The van der Waals surface area contributed by atoms with Gasteiger partial charge in [0.1, 0.15) is 0 Å². The molecule has 1 N–H and O–H groups in total. The first kappa shape index (κ1) is 10.7. The normalized spacial score (nSPS) is 17.4. The minimum absolute atomic E-state index is 0.679. The van der Waals surface area contributed by atoms with E-state index in [4.69, 9.17) is 0 Å². The second-order valence-electron chi connectivity index (χ2n) is 4.33. The molecule has 0 atom stereocenters. The lowest BCUT2D eigenvalue weighted by Gasteiger charge is -2.08. The van der Waals surface area contributed by atoms with Crippen molar-refractivity contribution < 1.29 is 0 Å². The van der Waals surface area contributed by atoms with Crippen LogP contribution in [0.25, 0.3) is 0 Å². The van der Waals surface area contributed by atoms with Gasteiger partial charge >= 0.3 is 0 Å². The summed E-state index contributed by atoms with van der Waals surface area (Å²) in [5.41, 5.74) is 1.22. The number of nitrogens with zero attached hydrogens (tertiary/aromatic N) is 2. The molecule has 1 aliphatic carbocycles. The van der Waals surface area contributed by atoms with Crippen molar-refractivity contribution in [2.45, 2.75) is 45.1 Å². The third-order valence-electron chi connectivity index (χ3n) is 3.17. The van der Waals surface area contributed by atoms with Gasteiger partial charge < -0.3 is 5.32 Å². The van der Waals surface area contributed by atoms with Gasteiger partial charge in [0.05, 0.1) is 11.7 Å². The molecule has 1 fully saturated rings. The zero-order valence-electron chi connectivity index (χ0n) is 9.58. The van der Waals surface area contributed by atoms with E-state index in [1.54, 1.807) is 0 Å². The Kier molecular flexibility index (Phi) is 3.78. The van der Waals surface area contributed by atoms with Gasteiger partial charge in [-0.25, -0.2) is 0 Å². The number of rotatable bonds is 5. The van der Waals surface area contributed by atoms with Crippen LogP contribution in [0.15, 0.2) is 12.3 Å². The maximum Gasteiger partial charge on any atom is 0.0637 e. The van der Waals surface area contributed by atoms with E-state index in [2.05, 4.69) is 34.3 Å². The van der Waals surface area contributed by atoms with E-state index in [0.29, 0.717) is 6.04 Å². The average molecular weight is 207 g/mol. The maximum absolute atomic E-state index is 4.64. The fourth-order valence-electron chi connectivity index (χ4n) is 2.28. The lowest BCUT2D eigenvalue weighted by Crippen LogP contribution is -2.16. The van der Waals surface area contributed by atoms with Crippen molar-refractivity contribution in [3.05, 3.63) is 18.0 Å². The Hall–Kier alpha value is -0.830. The van der Waals surface area contributed by atoms with E-state index in [-0.39, 0.29) is 0 Å². The van der Waals surface area contributed by atoms with Gasteiger partial charge in [-0.3, -0.25) is 4.68 Å². The molecule has 0 amide bonds. The van der Waals surface area contributed by atoms with E-state index in [9.17, 15) is 0 Å². The van der Waals surface area contributed by atoms with Crippen LogP contribution >= 0.6 is 0 Å². The predicted octanol–water partition coefficient (Wildman–Crippen LogP) is 2.15. The summed E-state index contributed by atoms with van der Waals surface area (Å²) in [6, 6.07) is 2.84. The van der Waals surface area contributed by atoms with Crippen molar-refractivity contribution in [2.24, 2.45) is 0 Å². The number of likely N-dealkylation sites (N-methyl/N-ethyl adjacent to an activating group) is 1. The molecule has 0 aliphatic heterocycles. The standard InChI is InChI=1S/C12H21N3/c1-2-13-9-7-11-8-10-15(14-11)12-5-3-4-6-12/h8,10,12-13H,2-7,9H2,1H3. The first-order valence-corrected chi connectivity index (χ1v) is 6.15. The van der Waals surface area contributed by atoms with Crippen LogP contribution in [0.5, 0.6) is 0 Å². The molecule has 15 heavy (non-hydrogen) atoms. The Balaban J connectivity index is 1.86. The highest BCUT2D eigenvalue weighted by atomic mass is 15.3. The van der Waals surface area contributed by atoms with Gasteiger partial charge in [-0.1, -0.05) is 19.8 Å². The molecule has 1 saturated carbocycles. The van der Waals surface area contributed by atoms with Crippen molar-refractivity contribution in [1.82, 2.24) is 15.1 Å². The number of hydrogen-bond acceptors (Lipinski definition) is 2. The van der Waals surface area contributed by atoms with E-state index in [1.165, 1.54) is 31.4 Å². The Morgan fingerprint density at radius 1 is 1.47 bits per heavy atom. The number of hydrogen-bond donors (Lipinski definition) is 1. The summed E-state index contributed by atoms with van der Waals surface area (Å²) in [7, 11) is 0. The maximum atomic E-state index is 4.64. The van der Waals surface area contributed by atoms with E-state index >= 15 is 0 Å². The molecule has 0 radical (unpaired) electrons. The van der Waals surface area contributed by atoms with Gasteiger partial charge in [0.25, 0.3) is 0 Å². The Labute approximate surface area is 91.9 Å². The molecule has 0 aromatic carbocycles. The zero-order valence-corrected chi connectivity index (χ0v) is 9.58. The van der Waals surface area contributed by atoms with Crippen molar-refractivity contribution >= 4 is 0 Å². The van der Waals surface area contributed by atoms with Gasteiger partial charge in [-0.2, -0.15) is 5.10 Å². The van der Waals surface area contributed by atoms with Crippen LogP contribution in [-0.2, 0) is 6.42 Å². The third kappa shape index (κ3) is 2.81. The summed E-state index contributed by atoms with van der Waals surface area (Å²) in [5.74, 6) is 0. The largest absolute Gasteiger partial charge is 0.317 e. The Bertz CT molecular complexity index is 287. The van der Waals surface area contributed by atoms with Crippen LogP contribution in [-0.4, -0.2) is 22.9 Å². The minimum Gasteiger partial charge on any atom is -0.317 e. The molecule has 0 saturated heterocycles. The molecule has 1 aliphatic rings. The molecule has 0 unspecified atom stereocenters. The molecule has 0 bridgehead atoms. The summed E-state index contributed by atoms with van der Waals surface area (Å²) in [6.45, 7) is 4.22. The lowest BCUT2D eigenvalue weighted by atomic mass is 10.3. The van der Waals surface area contributed by atoms with Crippen LogP contribution in [0.1, 0.15) is 44.3 Å². The molecule has 1 heterocycles. The van der Waals surface area contributed by atoms with Gasteiger partial charge in [-0.15, -0.1) is 0 Å². The third-order valence-corrected chi connectivity index (χ3v) is 3.17. The van der Waals surface area contributed by atoms with Crippen LogP contribution < -0.4 is 5.32 Å². The van der Waals surface area contributed by atoms with E-state index in [0.717, 1.165) is 19.5 Å². The highest BCUT2D eigenvalue weighted by molar-refractivity contribution is 5.00. The molecule has 0 spiro atoms. The van der Waals surface area contributed by atoms with E-state index in [1.807, 2.05) is 0 Å². The van der Waals surface area contributed by atoms with Gasteiger partial charge in [0.2, 0.25) is 0 Å². The smallest absolute Gasteiger partial charge is 0.0637 e. The average Bonchev–Trinajstić information content (AvgIpc) is 2.87. The van der Waals surface area contributed by atoms with Crippen molar-refractivity contribution in [2.75, 3.05) is 13.1 Å². The van der Waals surface area contributed by atoms with Crippen molar-refractivity contribution in [1.29, 1.82) is 0 Å². The Morgan fingerprint density at radius 3 is 3.00 bits per heavy atom. The molecular formula is C12H21N3. The fourth-order valence-corrected chi connectivity index (χ4v) is 2.28. The Morgan fingerprint density at radius 2 is 2.27 bits per heavy atom. The fraction of sp³-hybridized carbons (Fsp3) is 0.750. The first-order valence-electron chi connectivity index (χ1n) is 6.15. The highest BCUT2D eigenvalue weighted by Crippen LogP contribution is 2.28. The topological polar surface area (TPSA) is 29.9 Å². The van der Waals surface area contributed by atoms with Crippen molar-refractivity contribution in [3.63, 3.8) is 0 Å². The highest BCUT2D eigenvalue weighted by Gasteiger charge is 2.17. The van der Waals surface area contributed by atoms with Crippen LogP contribution in [0.4, 0.5) is 0 Å². The number of aromatic nitrogens is 2. The van der Waals surface area contributed by atoms with Crippen LogP contribution in [0, 0.1) is 0 Å². The zero-order chi connectivity index (χ0) is 10.5. The van der Waals surface area contributed by atoms with Crippen LogP contribution in [0.3, 0.4) is 0 Å². The second kappa shape index (κ2) is 5.31. The minimum atomic E-state index is 0.679. The quantitative estimate of drug-likeness (QED) is 0.750. The number of nitrogens with one attached hydrogen (secondary N) is 1. The molecule has 2 rings (SSSR count). The summed E-state index contributed by atoms with van der Waals surface area (Å²) >= 11 is 0. The first-order chi connectivity index (χ1) is 7.40. The lowest BCUT2D eigenvalue weighted by molar-refractivity contribution is 0.462. The van der Waals surface area contributed by atoms with Gasteiger partial charge in [0.15, 0.2) is 0 Å². The van der Waals surface area contributed by atoms with Crippen molar-refractivity contribution in [3.8, 4) is 0 Å². The summed E-state index contributed by atoms with van der Waals surface area (Å²) in [4.78, 5) is 0. The van der Waals surface area contributed by atoms with Crippen LogP contribution in [0.2, 0.25) is 0 Å². The predicted molar refractivity (Wildman–Crippen MR) is 62.0 cm³/mol. The second-order valence-corrected chi connectivity index (χ2v) is 4.33. The monoisotopic (exact) mass is 207 g/mol. The van der Waals surface area contributed by atoms with Gasteiger partial charge in [0, 0.05) is 19.2 Å². The van der Waals surface area contributed by atoms with E-state index < -0.39 is 0 Å². The molecule has 84 valence electrons. The van der Waals surface area contributed by atoms with Gasteiger partial charge in [-0.05, 0) is 25.5 Å². The molecule has 3 heteroatoms. The summed E-state index contributed by atoms with van der Waals surface area (Å²) in [5, 5.41) is 7.97. The summed E-state index contributed by atoms with van der Waals surface area (Å²) in [6.07, 6.45) is 8.57.